The lowest BCUT2D eigenvalue weighted by Gasteiger charge is -2.01. The van der Waals surface area contributed by atoms with Crippen molar-refractivity contribution in [1.82, 2.24) is 9.55 Å². The molecule has 3 aromatic rings. The second-order valence-electron chi connectivity index (χ2n) is 3.73. The molecule has 0 spiro atoms. The second kappa shape index (κ2) is 4.16. The van der Waals surface area contributed by atoms with Crippen molar-refractivity contribution in [2.45, 2.75) is 6.54 Å². The van der Waals surface area contributed by atoms with Crippen molar-refractivity contribution >= 4 is 38.3 Å². The maximum absolute atomic E-state index is 11.9. The lowest BCUT2D eigenvalue weighted by atomic mass is 10.3. The van der Waals surface area contributed by atoms with Gasteiger partial charge in [0.25, 0.3) is 0 Å². The monoisotopic (exact) mass is 308 g/mol. The minimum atomic E-state index is -0.0692. The quantitative estimate of drug-likeness (QED) is 0.775. The van der Waals surface area contributed by atoms with Crippen molar-refractivity contribution in [3.8, 4) is 0 Å². The largest absolute Gasteiger partial charge is 0.326 e. The van der Waals surface area contributed by atoms with Crippen molar-refractivity contribution in [3.05, 3.63) is 55.5 Å². The maximum Gasteiger partial charge on any atom is 0.326 e. The summed E-state index contributed by atoms with van der Waals surface area (Å²) in [6, 6.07) is 9.84. The molecule has 0 aliphatic carbocycles. The molecule has 3 nitrogen and oxygen atoms in total. The van der Waals surface area contributed by atoms with E-state index in [0.29, 0.717) is 6.54 Å². The first kappa shape index (κ1) is 10.8. The van der Waals surface area contributed by atoms with E-state index in [1.54, 1.807) is 15.9 Å². The number of nitrogens with one attached hydrogen (secondary N) is 1. The summed E-state index contributed by atoms with van der Waals surface area (Å²) in [5.41, 5.74) is 1.71. The van der Waals surface area contributed by atoms with Gasteiger partial charge in [-0.1, -0.05) is 12.1 Å². The highest BCUT2D eigenvalue weighted by molar-refractivity contribution is 9.10. The number of benzene rings is 1. The van der Waals surface area contributed by atoms with E-state index < -0.39 is 0 Å². The fourth-order valence-electron chi connectivity index (χ4n) is 1.86. The van der Waals surface area contributed by atoms with E-state index in [0.717, 1.165) is 15.5 Å². The average Bonchev–Trinajstić information content (AvgIpc) is 2.91. The van der Waals surface area contributed by atoms with Crippen molar-refractivity contribution in [2.75, 3.05) is 0 Å². The number of thiophene rings is 1. The van der Waals surface area contributed by atoms with Gasteiger partial charge in [-0.2, -0.15) is 0 Å². The van der Waals surface area contributed by atoms with Crippen molar-refractivity contribution in [2.24, 2.45) is 0 Å². The fourth-order valence-corrected chi connectivity index (χ4v) is 3.01. The van der Waals surface area contributed by atoms with E-state index >= 15 is 0 Å². The lowest BCUT2D eigenvalue weighted by Crippen LogP contribution is -2.16. The molecule has 0 aliphatic heterocycles. The van der Waals surface area contributed by atoms with Crippen LogP contribution in [-0.4, -0.2) is 9.55 Å². The average molecular weight is 309 g/mol. The zero-order valence-electron chi connectivity index (χ0n) is 8.81. The molecular formula is C12H9BrN2OS. The molecule has 3 rings (SSSR count). The lowest BCUT2D eigenvalue weighted by molar-refractivity contribution is 0.798. The highest BCUT2D eigenvalue weighted by atomic mass is 79.9. The second-order valence-corrected chi connectivity index (χ2v) is 5.62. The molecular weight excluding hydrogens is 300 g/mol. The summed E-state index contributed by atoms with van der Waals surface area (Å²) in [5.74, 6) is 0. The molecule has 0 bridgehead atoms. The van der Waals surface area contributed by atoms with Gasteiger partial charge in [0, 0.05) is 9.35 Å². The van der Waals surface area contributed by atoms with Gasteiger partial charge in [-0.05, 0) is 39.5 Å². The van der Waals surface area contributed by atoms with Gasteiger partial charge in [-0.15, -0.1) is 11.3 Å². The molecule has 0 atom stereocenters. The molecule has 0 amide bonds. The number of aromatic amines is 1. The Balaban J connectivity index is 2.19. The highest BCUT2D eigenvalue weighted by Gasteiger charge is 2.09. The Morgan fingerprint density at radius 2 is 2.18 bits per heavy atom. The summed E-state index contributed by atoms with van der Waals surface area (Å²) in [7, 11) is 0. The minimum absolute atomic E-state index is 0.0692. The standard InChI is InChI=1S/C12H9BrN2OS/c13-9-4-1-5-10-11(9)14-12(16)15(10)7-8-3-2-6-17-8/h1-6H,7H2,(H,14,16). The Hall–Kier alpha value is -1.33. The number of hydrogen-bond donors (Lipinski definition) is 1. The number of fused-ring (bicyclic) bond motifs is 1. The van der Waals surface area contributed by atoms with E-state index in [9.17, 15) is 4.79 Å². The van der Waals surface area contributed by atoms with E-state index in [1.807, 2.05) is 35.7 Å². The van der Waals surface area contributed by atoms with Gasteiger partial charge in [0.05, 0.1) is 17.6 Å². The molecule has 1 N–H and O–H groups in total. The first-order valence-electron chi connectivity index (χ1n) is 5.15. The smallest absolute Gasteiger partial charge is 0.305 e. The molecule has 86 valence electrons. The van der Waals surface area contributed by atoms with Crippen LogP contribution in [0.15, 0.2) is 45.0 Å². The van der Waals surface area contributed by atoms with E-state index in [4.69, 9.17) is 0 Å². The number of hydrogen-bond acceptors (Lipinski definition) is 2. The van der Waals surface area contributed by atoms with Crippen LogP contribution in [0.4, 0.5) is 0 Å². The fraction of sp³-hybridized carbons (Fsp3) is 0.0833. The maximum atomic E-state index is 11.9. The molecule has 0 aliphatic rings. The van der Waals surface area contributed by atoms with Crippen LogP contribution in [0, 0.1) is 0 Å². The Bertz CT molecular complexity index is 712. The number of nitrogens with zero attached hydrogens (tertiary/aromatic N) is 1. The van der Waals surface area contributed by atoms with Crippen LogP contribution >= 0.6 is 27.3 Å². The normalized spacial score (nSPS) is 11.1. The van der Waals surface area contributed by atoms with Gasteiger partial charge in [0.2, 0.25) is 0 Å². The number of aromatic nitrogens is 2. The van der Waals surface area contributed by atoms with Crippen LogP contribution in [0.25, 0.3) is 11.0 Å². The number of para-hydroxylation sites is 1. The first-order chi connectivity index (χ1) is 8.25. The molecule has 5 heteroatoms. The van der Waals surface area contributed by atoms with Crippen LogP contribution in [0.1, 0.15) is 4.88 Å². The van der Waals surface area contributed by atoms with Crippen molar-refractivity contribution in [3.63, 3.8) is 0 Å². The SMILES string of the molecule is O=c1[nH]c2c(Br)cccc2n1Cc1cccs1. The summed E-state index contributed by atoms with van der Waals surface area (Å²) < 4.78 is 2.67. The number of H-pyrrole nitrogens is 1. The summed E-state index contributed by atoms with van der Waals surface area (Å²) in [6.45, 7) is 0.618. The van der Waals surface area contributed by atoms with Crippen molar-refractivity contribution in [1.29, 1.82) is 0 Å². The van der Waals surface area contributed by atoms with E-state index in [1.165, 1.54) is 4.88 Å². The summed E-state index contributed by atoms with van der Waals surface area (Å²) in [5, 5.41) is 2.02. The van der Waals surface area contributed by atoms with Crippen LogP contribution in [-0.2, 0) is 6.54 Å². The topological polar surface area (TPSA) is 37.8 Å². The molecule has 17 heavy (non-hydrogen) atoms. The predicted octanol–water partition coefficient (Wildman–Crippen LogP) is 3.20. The molecule has 0 saturated heterocycles. The first-order valence-corrected chi connectivity index (χ1v) is 6.82. The molecule has 0 unspecified atom stereocenters. The number of halogens is 1. The third kappa shape index (κ3) is 1.85. The Morgan fingerprint density at radius 1 is 1.29 bits per heavy atom. The van der Waals surface area contributed by atoms with E-state index in [2.05, 4.69) is 20.9 Å². The Kier molecular flexibility index (Phi) is 2.64. The van der Waals surface area contributed by atoms with Gasteiger partial charge in [0.15, 0.2) is 0 Å². The van der Waals surface area contributed by atoms with Gasteiger partial charge in [-0.3, -0.25) is 4.57 Å². The van der Waals surface area contributed by atoms with Crippen molar-refractivity contribution < 1.29 is 0 Å². The number of imidazole rings is 1. The molecule has 2 aromatic heterocycles. The van der Waals surface area contributed by atoms with Gasteiger partial charge < -0.3 is 4.98 Å². The molecule has 0 saturated carbocycles. The highest BCUT2D eigenvalue weighted by Crippen LogP contribution is 2.21. The van der Waals surface area contributed by atoms with Gasteiger partial charge >= 0.3 is 5.69 Å². The predicted molar refractivity (Wildman–Crippen MR) is 73.7 cm³/mol. The summed E-state index contributed by atoms with van der Waals surface area (Å²) in [6.07, 6.45) is 0. The number of rotatable bonds is 2. The van der Waals surface area contributed by atoms with Crippen LogP contribution in [0.2, 0.25) is 0 Å². The third-order valence-corrected chi connectivity index (χ3v) is 4.18. The van der Waals surface area contributed by atoms with Crippen LogP contribution in [0.3, 0.4) is 0 Å². The zero-order valence-corrected chi connectivity index (χ0v) is 11.2. The molecule has 0 radical (unpaired) electrons. The molecule has 1 aromatic carbocycles. The van der Waals surface area contributed by atoms with Gasteiger partial charge in [0.1, 0.15) is 0 Å². The molecule has 2 heterocycles. The third-order valence-electron chi connectivity index (χ3n) is 2.65. The van der Waals surface area contributed by atoms with E-state index in [-0.39, 0.29) is 5.69 Å². The van der Waals surface area contributed by atoms with Crippen LogP contribution < -0.4 is 5.69 Å². The Labute approximate surface area is 110 Å². The minimum Gasteiger partial charge on any atom is -0.305 e. The van der Waals surface area contributed by atoms with Gasteiger partial charge in [-0.25, -0.2) is 4.79 Å². The summed E-state index contributed by atoms with van der Waals surface area (Å²) in [4.78, 5) is 16.0. The molecule has 0 fully saturated rings. The Morgan fingerprint density at radius 3 is 2.94 bits per heavy atom. The summed E-state index contributed by atoms with van der Waals surface area (Å²) >= 11 is 5.10. The zero-order chi connectivity index (χ0) is 11.8. The van der Waals surface area contributed by atoms with Crippen LogP contribution in [0.5, 0.6) is 0 Å².